The molecule has 0 fully saturated rings. The summed E-state index contributed by atoms with van der Waals surface area (Å²) in [4.78, 5) is 16.5. The molecular formula is C24H22N2O2. The second kappa shape index (κ2) is 8.09. The molecule has 1 aliphatic carbocycles. The third-order valence-electron chi connectivity index (χ3n) is 5.15. The van der Waals surface area contributed by atoms with E-state index in [9.17, 15) is 4.79 Å². The largest absolute Gasteiger partial charge is 0.449 e. The fourth-order valence-corrected chi connectivity index (χ4v) is 3.82. The number of benzene rings is 2. The van der Waals surface area contributed by atoms with Gasteiger partial charge in [0.25, 0.3) is 0 Å². The van der Waals surface area contributed by atoms with Crippen molar-refractivity contribution in [2.45, 2.75) is 18.4 Å². The standard InChI is InChI=1S/C24H22N2O2/c1-2-7-23(17-12-14-25-15-13-17)26-24(27)28-16-22-20-10-5-3-8-18(20)19-9-4-6-11-21(19)22/h2-6,8-15,22-23H,1,7,16H2,(H,26,27). The molecule has 0 bridgehead atoms. The molecule has 140 valence electrons. The first-order chi connectivity index (χ1) is 13.8. The number of nitrogens with zero attached hydrogens (tertiary/aromatic N) is 1. The van der Waals surface area contributed by atoms with Crippen molar-refractivity contribution in [3.8, 4) is 11.1 Å². The van der Waals surface area contributed by atoms with Gasteiger partial charge in [-0.15, -0.1) is 6.58 Å². The Bertz CT molecular complexity index is 939. The van der Waals surface area contributed by atoms with E-state index in [-0.39, 0.29) is 12.0 Å². The molecule has 1 N–H and O–H groups in total. The first-order valence-electron chi connectivity index (χ1n) is 9.40. The highest BCUT2D eigenvalue weighted by Gasteiger charge is 2.29. The van der Waals surface area contributed by atoms with Gasteiger partial charge in [0, 0.05) is 18.3 Å². The van der Waals surface area contributed by atoms with Crippen molar-refractivity contribution < 1.29 is 9.53 Å². The maximum Gasteiger partial charge on any atom is 0.407 e. The van der Waals surface area contributed by atoms with Crippen molar-refractivity contribution >= 4 is 6.09 Å². The summed E-state index contributed by atoms with van der Waals surface area (Å²) < 4.78 is 5.64. The molecule has 4 rings (SSSR count). The molecule has 1 unspecified atom stereocenters. The Kier molecular flexibility index (Phi) is 5.20. The van der Waals surface area contributed by atoms with Crippen LogP contribution in [-0.4, -0.2) is 17.7 Å². The van der Waals surface area contributed by atoms with E-state index in [1.165, 1.54) is 22.3 Å². The molecule has 1 heterocycles. The van der Waals surface area contributed by atoms with E-state index < -0.39 is 6.09 Å². The van der Waals surface area contributed by atoms with Crippen LogP contribution in [0.3, 0.4) is 0 Å². The number of carbonyl (C=O) groups is 1. The molecule has 0 radical (unpaired) electrons. The normalized spacial score (nSPS) is 13.3. The molecule has 28 heavy (non-hydrogen) atoms. The number of hydrogen-bond acceptors (Lipinski definition) is 3. The van der Waals surface area contributed by atoms with Crippen LogP contribution in [0.15, 0.2) is 85.7 Å². The highest BCUT2D eigenvalue weighted by atomic mass is 16.5. The Morgan fingerprint density at radius 1 is 1.04 bits per heavy atom. The summed E-state index contributed by atoms with van der Waals surface area (Å²) in [6.07, 6.45) is 5.41. The molecule has 0 saturated carbocycles. The van der Waals surface area contributed by atoms with Gasteiger partial charge in [0.1, 0.15) is 6.61 Å². The third kappa shape index (κ3) is 3.54. The van der Waals surface area contributed by atoms with Crippen molar-refractivity contribution in [2.24, 2.45) is 0 Å². The van der Waals surface area contributed by atoms with Crippen molar-refractivity contribution in [1.82, 2.24) is 10.3 Å². The van der Waals surface area contributed by atoms with Crippen LogP contribution in [0.4, 0.5) is 4.79 Å². The molecule has 1 amide bonds. The fourth-order valence-electron chi connectivity index (χ4n) is 3.82. The number of pyridine rings is 1. The van der Waals surface area contributed by atoms with Gasteiger partial charge in [-0.05, 0) is 46.4 Å². The van der Waals surface area contributed by atoms with Crippen LogP contribution in [0, 0.1) is 0 Å². The van der Waals surface area contributed by atoms with Crippen LogP contribution in [-0.2, 0) is 4.74 Å². The summed E-state index contributed by atoms with van der Waals surface area (Å²) in [5.41, 5.74) is 5.81. The molecule has 0 saturated heterocycles. The quantitative estimate of drug-likeness (QED) is 0.604. The number of rotatable bonds is 6. The van der Waals surface area contributed by atoms with E-state index in [1.54, 1.807) is 18.5 Å². The number of hydrogen-bond donors (Lipinski definition) is 1. The van der Waals surface area contributed by atoms with E-state index in [4.69, 9.17) is 4.74 Å². The van der Waals surface area contributed by atoms with Gasteiger partial charge in [-0.3, -0.25) is 4.98 Å². The lowest BCUT2D eigenvalue weighted by Crippen LogP contribution is -2.30. The van der Waals surface area contributed by atoms with Crippen molar-refractivity contribution in [3.63, 3.8) is 0 Å². The second-order valence-electron chi connectivity index (χ2n) is 6.83. The Balaban J connectivity index is 1.47. The summed E-state index contributed by atoms with van der Waals surface area (Å²) in [5, 5.41) is 2.95. The molecule has 0 spiro atoms. The van der Waals surface area contributed by atoms with Gasteiger partial charge in [0.05, 0.1) is 6.04 Å². The molecule has 0 aliphatic heterocycles. The predicted octanol–water partition coefficient (Wildman–Crippen LogP) is 5.24. The smallest absolute Gasteiger partial charge is 0.407 e. The zero-order valence-electron chi connectivity index (χ0n) is 15.5. The zero-order valence-corrected chi connectivity index (χ0v) is 15.5. The summed E-state index contributed by atoms with van der Waals surface area (Å²) in [6.45, 7) is 4.09. The Morgan fingerprint density at radius 3 is 2.25 bits per heavy atom. The van der Waals surface area contributed by atoms with Crippen LogP contribution in [0.1, 0.15) is 35.1 Å². The summed E-state index contributed by atoms with van der Waals surface area (Å²) in [6, 6.07) is 20.2. The van der Waals surface area contributed by atoms with Gasteiger partial charge in [-0.2, -0.15) is 0 Å². The van der Waals surface area contributed by atoms with E-state index in [0.29, 0.717) is 13.0 Å². The highest BCUT2D eigenvalue weighted by Crippen LogP contribution is 2.44. The van der Waals surface area contributed by atoms with Crippen LogP contribution >= 0.6 is 0 Å². The molecule has 1 aliphatic rings. The number of aromatic nitrogens is 1. The lowest BCUT2D eigenvalue weighted by Gasteiger charge is -2.19. The molecular weight excluding hydrogens is 348 g/mol. The average molecular weight is 370 g/mol. The number of fused-ring (bicyclic) bond motifs is 3. The van der Waals surface area contributed by atoms with E-state index in [0.717, 1.165) is 5.56 Å². The number of carbonyl (C=O) groups excluding carboxylic acids is 1. The predicted molar refractivity (Wildman–Crippen MR) is 110 cm³/mol. The molecule has 4 nitrogen and oxygen atoms in total. The lowest BCUT2D eigenvalue weighted by atomic mass is 9.98. The Labute approximate surface area is 164 Å². The molecule has 4 heteroatoms. The Morgan fingerprint density at radius 2 is 1.64 bits per heavy atom. The minimum atomic E-state index is -0.425. The van der Waals surface area contributed by atoms with Crippen molar-refractivity contribution in [3.05, 3.63) is 102 Å². The topological polar surface area (TPSA) is 51.2 Å². The summed E-state index contributed by atoms with van der Waals surface area (Å²) in [5.74, 6) is 0.0527. The Hall–Kier alpha value is -3.40. The van der Waals surface area contributed by atoms with Crippen LogP contribution in [0.25, 0.3) is 11.1 Å². The average Bonchev–Trinajstić information content (AvgIpc) is 3.06. The van der Waals surface area contributed by atoms with Crippen molar-refractivity contribution in [1.29, 1.82) is 0 Å². The fraction of sp³-hybridized carbons (Fsp3) is 0.167. The lowest BCUT2D eigenvalue weighted by molar-refractivity contribution is 0.139. The van der Waals surface area contributed by atoms with E-state index in [1.807, 2.05) is 36.4 Å². The maximum atomic E-state index is 12.5. The molecule has 3 aromatic rings. The first-order valence-corrected chi connectivity index (χ1v) is 9.40. The van der Waals surface area contributed by atoms with Gasteiger partial charge in [0.2, 0.25) is 0 Å². The third-order valence-corrected chi connectivity index (χ3v) is 5.15. The maximum absolute atomic E-state index is 12.5. The van der Waals surface area contributed by atoms with Crippen LogP contribution in [0.2, 0.25) is 0 Å². The molecule has 2 aromatic carbocycles. The number of alkyl carbamates (subject to hydrolysis) is 1. The summed E-state index contributed by atoms with van der Waals surface area (Å²) in [7, 11) is 0. The van der Waals surface area contributed by atoms with Gasteiger partial charge in [0.15, 0.2) is 0 Å². The van der Waals surface area contributed by atoms with E-state index in [2.05, 4.69) is 41.1 Å². The zero-order chi connectivity index (χ0) is 19.3. The van der Waals surface area contributed by atoms with Gasteiger partial charge >= 0.3 is 6.09 Å². The number of nitrogens with one attached hydrogen (secondary N) is 1. The van der Waals surface area contributed by atoms with Gasteiger partial charge < -0.3 is 10.1 Å². The summed E-state index contributed by atoms with van der Waals surface area (Å²) >= 11 is 0. The second-order valence-corrected chi connectivity index (χ2v) is 6.83. The van der Waals surface area contributed by atoms with Crippen LogP contribution in [0.5, 0.6) is 0 Å². The van der Waals surface area contributed by atoms with Crippen LogP contribution < -0.4 is 5.32 Å². The minimum Gasteiger partial charge on any atom is -0.449 e. The molecule has 1 aromatic heterocycles. The SMILES string of the molecule is C=CCC(NC(=O)OCC1c2ccccc2-c2ccccc21)c1ccncc1. The van der Waals surface area contributed by atoms with E-state index >= 15 is 0 Å². The monoisotopic (exact) mass is 370 g/mol. The van der Waals surface area contributed by atoms with Crippen molar-refractivity contribution in [2.75, 3.05) is 6.61 Å². The minimum absolute atomic E-state index is 0.0527. The first kappa shape index (κ1) is 18.0. The molecule has 1 atom stereocenters. The van der Waals surface area contributed by atoms with Gasteiger partial charge in [-0.1, -0.05) is 54.6 Å². The van der Waals surface area contributed by atoms with Gasteiger partial charge in [-0.25, -0.2) is 4.79 Å². The number of amides is 1. The number of ether oxygens (including phenoxy) is 1. The highest BCUT2D eigenvalue weighted by molar-refractivity contribution is 5.79.